The van der Waals surface area contributed by atoms with Gasteiger partial charge in [0.05, 0.1) is 27.7 Å². The molecule has 0 spiro atoms. The normalized spacial score (nSPS) is 11.0. The van der Waals surface area contributed by atoms with Crippen LogP contribution in [0.1, 0.15) is 47.3 Å². The second-order valence-corrected chi connectivity index (χ2v) is 5.75. The monoisotopic (exact) mass is 306 g/mol. The van der Waals surface area contributed by atoms with Crippen LogP contribution >= 0.6 is 11.6 Å². The van der Waals surface area contributed by atoms with Crippen LogP contribution in [0.3, 0.4) is 0 Å². The van der Waals surface area contributed by atoms with Crippen LogP contribution in [0.4, 0.5) is 5.69 Å². The molecule has 1 amide bonds. The minimum absolute atomic E-state index is 0.235. The van der Waals surface area contributed by atoms with Crippen molar-refractivity contribution in [1.82, 2.24) is 14.8 Å². The van der Waals surface area contributed by atoms with Gasteiger partial charge in [0.2, 0.25) is 0 Å². The fourth-order valence-electron chi connectivity index (χ4n) is 2.22. The molecule has 5 nitrogen and oxygen atoms in total. The summed E-state index contributed by atoms with van der Waals surface area (Å²) in [7, 11) is 0. The number of anilines is 1. The highest BCUT2D eigenvalue weighted by Crippen LogP contribution is 2.24. The van der Waals surface area contributed by atoms with Crippen molar-refractivity contribution in [2.75, 3.05) is 5.32 Å². The second-order valence-electron chi connectivity index (χ2n) is 5.34. The minimum Gasteiger partial charge on any atom is -0.319 e. The summed E-state index contributed by atoms with van der Waals surface area (Å²) in [6.45, 7) is 9.73. The number of pyridine rings is 1. The van der Waals surface area contributed by atoms with E-state index in [1.54, 1.807) is 6.07 Å². The van der Waals surface area contributed by atoms with Crippen molar-refractivity contribution in [1.29, 1.82) is 0 Å². The molecule has 1 N–H and O–H groups in total. The molecule has 0 aliphatic rings. The van der Waals surface area contributed by atoms with E-state index in [0.29, 0.717) is 10.6 Å². The Morgan fingerprint density at radius 3 is 2.52 bits per heavy atom. The van der Waals surface area contributed by atoms with Crippen molar-refractivity contribution in [3.8, 4) is 0 Å². The fraction of sp³-hybridized carbons (Fsp3) is 0.400. The molecule has 0 aliphatic heterocycles. The SMILES string of the molecule is Cc1cc(Cl)c(C(=O)Nc2c(C)nn(C(C)C)c2C)cn1. The highest BCUT2D eigenvalue weighted by atomic mass is 35.5. The molecular formula is C15H19ClN4O. The van der Waals surface area contributed by atoms with Crippen molar-refractivity contribution in [2.24, 2.45) is 0 Å². The smallest absolute Gasteiger partial charge is 0.258 e. The van der Waals surface area contributed by atoms with Crippen LogP contribution in [0.25, 0.3) is 0 Å². The Labute approximate surface area is 129 Å². The zero-order valence-electron chi connectivity index (χ0n) is 12.9. The van der Waals surface area contributed by atoms with E-state index in [-0.39, 0.29) is 11.9 Å². The maximum absolute atomic E-state index is 12.4. The molecule has 2 aromatic rings. The summed E-state index contributed by atoms with van der Waals surface area (Å²) in [6, 6.07) is 1.91. The van der Waals surface area contributed by atoms with Gasteiger partial charge in [-0.3, -0.25) is 14.5 Å². The van der Waals surface area contributed by atoms with Crippen LogP contribution in [0.15, 0.2) is 12.3 Å². The van der Waals surface area contributed by atoms with E-state index in [4.69, 9.17) is 11.6 Å². The Kier molecular flexibility index (Phi) is 4.32. The van der Waals surface area contributed by atoms with Gasteiger partial charge in [0.25, 0.3) is 5.91 Å². The summed E-state index contributed by atoms with van der Waals surface area (Å²) in [4.78, 5) is 16.5. The lowest BCUT2D eigenvalue weighted by Crippen LogP contribution is -2.14. The van der Waals surface area contributed by atoms with Crippen LogP contribution in [-0.2, 0) is 0 Å². The van der Waals surface area contributed by atoms with E-state index in [1.807, 2.05) is 39.3 Å². The Morgan fingerprint density at radius 2 is 2.00 bits per heavy atom. The van der Waals surface area contributed by atoms with Gasteiger partial charge < -0.3 is 5.32 Å². The zero-order chi connectivity index (χ0) is 15.7. The first-order chi connectivity index (χ1) is 9.81. The first-order valence-electron chi connectivity index (χ1n) is 6.80. The van der Waals surface area contributed by atoms with Crippen LogP contribution in [0.2, 0.25) is 5.02 Å². The number of carbonyl (C=O) groups is 1. The van der Waals surface area contributed by atoms with Gasteiger partial charge in [-0.05, 0) is 40.7 Å². The van der Waals surface area contributed by atoms with Gasteiger partial charge >= 0.3 is 0 Å². The Bertz CT molecular complexity index is 691. The number of aromatic nitrogens is 3. The lowest BCUT2D eigenvalue weighted by atomic mass is 10.2. The molecule has 2 heterocycles. The third kappa shape index (κ3) is 3.08. The Balaban J connectivity index is 2.32. The second kappa shape index (κ2) is 5.85. The predicted molar refractivity (Wildman–Crippen MR) is 84.0 cm³/mol. The standard InChI is InChI=1S/C15H19ClN4O/c1-8(2)20-11(5)14(10(4)19-20)18-15(21)12-7-17-9(3)6-13(12)16/h6-8H,1-5H3,(H,18,21). The molecule has 0 fully saturated rings. The molecule has 0 saturated heterocycles. The molecule has 0 aromatic carbocycles. The van der Waals surface area contributed by atoms with E-state index in [2.05, 4.69) is 15.4 Å². The first-order valence-corrected chi connectivity index (χ1v) is 7.18. The molecule has 0 unspecified atom stereocenters. The van der Waals surface area contributed by atoms with Gasteiger partial charge in [-0.25, -0.2) is 0 Å². The lowest BCUT2D eigenvalue weighted by Gasteiger charge is -2.10. The third-order valence-corrected chi connectivity index (χ3v) is 3.60. The van der Waals surface area contributed by atoms with Crippen LogP contribution in [0, 0.1) is 20.8 Å². The van der Waals surface area contributed by atoms with Crippen molar-refractivity contribution >= 4 is 23.2 Å². The Hall–Kier alpha value is -1.88. The molecule has 0 atom stereocenters. The molecule has 2 rings (SSSR count). The average molecular weight is 307 g/mol. The maximum atomic E-state index is 12.4. The number of aryl methyl sites for hydroxylation is 2. The molecule has 6 heteroatoms. The molecule has 0 radical (unpaired) electrons. The first kappa shape index (κ1) is 15.5. The summed E-state index contributed by atoms with van der Waals surface area (Å²) in [6.07, 6.45) is 1.49. The van der Waals surface area contributed by atoms with Crippen LogP contribution < -0.4 is 5.32 Å². The van der Waals surface area contributed by atoms with E-state index in [1.165, 1.54) is 6.20 Å². The lowest BCUT2D eigenvalue weighted by molar-refractivity contribution is 0.102. The number of halogens is 1. The molecular weight excluding hydrogens is 288 g/mol. The number of carbonyl (C=O) groups excluding carboxylic acids is 1. The molecule has 2 aromatic heterocycles. The third-order valence-electron chi connectivity index (χ3n) is 3.29. The van der Waals surface area contributed by atoms with Crippen LogP contribution in [0.5, 0.6) is 0 Å². The molecule has 21 heavy (non-hydrogen) atoms. The van der Waals surface area contributed by atoms with Crippen LogP contribution in [-0.4, -0.2) is 20.7 Å². The highest BCUT2D eigenvalue weighted by molar-refractivity contribution is 6.34. The van der Waals surface area contributed by atoms with Gasteiger partial charge in [-0.2, -0.15) is 5.10 Å². The number of hydrogen-bond acceptors (Lipinski definition) is 3. The van der Waals surface area contributed by atoms with Crippen molar-refractivity contribution in [3.63, 3.8) is 0 Å². The summed E-state index contributed by atoms with van der Waals surface area (Å²) in [5.74, 6) is -0.276. The van der Waals surface area contributed by atoms with E-state index < -0.39 is 0 Å². The number of nitrogens with zero attached hydrogens (tertiary/aromatic N) is 3. The van der Waals surface area contributed by atoms with Crippen molar-refractivity contribution < 1.29 is 4.79 Å². The quantitative estimate of drug-likeness (QED) is 0.940. The summed E-state index contributed by atoms with van der Waals surface area (Å²) >= 11 is 6.10. The van der Waals surface area contributed by atoms with Gasteiger partial charge in [-0.1, -0.05) is 11.6 Å². The number of amides is 1. The van der Waals surface area contributed by atoms with Gasteiger partial charge in [0.1, 0.15) is 0 Å². The minimum atomic E-state index is -0.276. The topological polar surface area (TPSA) is 59.8 Å². The molecule has 0 saturated carbocycles. The summed E-state index contributed by atoms with van der Waals surface area (Å²) in [5.41, 5.74) is 3.57. The van der Waals surface area contributed by atoms with Gasteiger partial charge in [-0.15, -0.1) is 0 Å². The number of nitrogens with one attached hydrogen (secondary N) is 1. The van der Waals surface area contributed by atoms with E-state index in [0.717, 1.165) is 22.8 Å². The van der Waals surface area contributed by atoms with E-state index in [9.17, 15) is 4.79 Å². The van der Waals surface area contributed by atoms with Gasteiger partial charge in [0.15, 0.2) is 0 Å². The van der Waals surface area contributed by atoms with E-state index >= 15 is 0 Å². The summed E-state index contributed by atoms with van der Waals surface area (Å²) in [5, 5.41) is 7.72. The predicted octanol–water partition coefficient (Wildman–Crippen LogP) is 3.69. The molecule has 0 aliphatic carbocycles. The molecule has 112 valence electrons. The number of rotatable bonds is 3. The maximum Gasteiger partial charge on any atom is 0.258 e. The largest absolute Gasteiger partial charge is 0.319 e. The fourth-order valence-corrected chi connectivity index (χ4v) is 2.51. The van der Waals surface area contributed by atoms with Gasteiger partial charge in [0, 0.05) is 17.9 Å². The number of hydrogen-bond donors (Lipinski definition) is 1. The highest BCUT2D eigenvalue weighted by Gasteiger charge is 2.18. The Morgan fingerprint density at radius 1 is 1.33 bits per heavy atom. The average Bonchev–Trinajstić information content (AvgIpc) is 2.66. The zero-order valence-corrected chi connectivity index (χ0v) is 13.6. The summed E-state index contributed by atoms with van der Waals surface area (Å²) < 4.78 is 1.89. The molecule has 0 bridgehead atoms. The van der Waals surface area contributed by atoms with Crippen molar-refractivity contribution in [2.45, 2.75) is 40.7 Å². The van der Waals surface area contributed by atoms with Crippen molar-refractivity contribution in [3.05, 3.63) is 39.9 Å².